The standard InChI is InChI=1S/C16H18N4O3S/c1-9-5-12(23-19-9)6-11-7-22-8-13(11)18-15(21)14-10(2)17-16-20(14)3-4-24-16/h3-5,11,13H,6-8H2,1-2H3,(H,18,21)/t11-,13+/m1/s1. The van der Waals surface area contributed by atoms with Gasteiger partial charge in [-0.3, -0.25) is 9.20 Å². The van der Waals surface area contributed by atoms with E-state index in [2.05, 4.69) is 15.5 Å². The molecule has 3 aromatic rings. The summed E-state index contributed by atoms with van der Waals surface area (Å²) in [6.07, 6.45) is 2.57. The lowest BCUT2D eigenvalue weighted by Gasteiger charge is -2.18. The number of aryl methyl sites for hydroxylation is 2. The van der Waals surface area contributed by atoms with Crippen LogP contribution in [0.4, 0.5) is 0 Å². The Hall–Kier alpha value is -2.19. The zero-order valence-electron chi connectivity index (χ0n) is 13.5. The summed E-state index contributed by atoms with van der Waals surface area (Å²) in [6, 6.07) is 1.87. The van der Waals surface area contributed by atoms with E-state index in [4.69, 9.17) is 9.26 Å². The molecular formula is C16H18N4O3S. The van der Waals surface area contributed by atoms with Crippen LogP contribution < -0.4 is 5.32 Å². The van der Waals surface area contributed by atoms with Gasteiger partial charge in [-0.2, -0.15) is 0 Å². The molecule has 0 aliphatic carbocycles. The van der Waals surface area contributed by atoms with Crippen LogP contribution in [-0.4, -0.2) is 39.7 Å². The maximum absolute atomic E-state index is 12.7. The van der Waals surface area contributed by atoms with Crippen LogP contribution in [0.2, 0.25) is 0 Å². The van der Waals surface area contributed by atoms with Crippen molar-refractivity contribution < 1.29 is 14.1 Å². The van der Waals surface area contributed by atoms with Crippen molar-refractivity contribution in [1.82, 2.24) is 19.9 Å². The molecule has 0 unspecified atom stereocenters. The first-order valence-corrected chi connectivity index (χ1v) is 8.72. The summed E-state index contributed by atoms with van der Waals surface area (Å²) < 4.78 is 12.7. The van der Waals surface area contributed by atoms with Crippen molar-refractivity contribution in [3.8, 4) is 0 Å². The Bertz CT molecular complexity index is 881. The van der Waals surface area contributed by atoms with E-state index in [9.17, 15) is 4.79 Å². The Morgan fingerprint density at radius 2 is 2.33 bits per heavy atom. The molecule has 126 valence electrons. The van der Waals surface area contributed by atoms with Gasteiger partial charge in [-0.1, -0.05) is 5.16 Å². The molecule has 4 heterocycles. The zero-order valence-corrected chi connectivity index (χ0v) is 14.3. The molecule has 4 rings (SSSR count). The molecule has 0 spiro atoms. The van der Waals surface area contributed by atoms with Gasteiger partial charge < -0.3 is 14.6 Å². The molecule has 24 heavy (non-hydrogen) atoms. The third-order valence-electron chi connectivity index (χ3n) is 4.31. The normalized spacial score (nSPS) is 20.8. The largest absolute Gasteiger partial charge is 0.379 e. The summed E-state index contributed by atoms with van der Waals surface area (Å²) >= 11 is 1.51. The topological polar surface area (TPSA) is 81.7 Å². The van der Waals surface area contributed by atoms with Gasteiger partial charge in [0.15, 0.2) is 4.96 Å². The van der Waals surface area contributed by atoms with Crippen molar-refractivity contribution in [2.24, 2.45) is 5.92 Å². The quantitative estimate of drug-likeness (QED) is 0.781. The van der Waals surface area contributed by atoms with Gasteiger partial charge in [0.25, 0.3) is 5.91 Å². The molecule has 1 aliphatic heterocycles. The van der Waals surface area contributed by atoms with E-state index in [0.717, 1.165) is 22.1 Å². The SMILES string of the molecule is Cc1cc(C[C@@H]2COC[C@@H]2NC(=O)c2c(C)nc3sccn23)on1. The summed E-state index contributed by atoms with van der Waals surface area (Å²) in [5.41, 5.74) is 2.19. The van der Waals surface area contributed by atoms with Crippen LogP contribution in [-0.2, 0) is 11.2 Å². The van der Waals surface area contributed by atoms with Crippen LogP contribution in [0.5, 0.6) is 0 Å². The summed E-state index contributed by atoms with van der Waals surface area (Å²) in [5.74, 6) is 0.878. The maximum atomic E-state index is 12.7. The number of hydrogen-bond donors (Lipinski definition) is 1. The molecule has 1 fully saturated rings. The number of rotatable bonds is 4. The fraction of sp³-hybridized carbons (Fsp3) is 0.438. The van der Waals surface area contributed by atoms with Gasteiger partial charge in [0, 0.05) is 30.0 Å². The first kappa shape index (κ1) is 15.3. The molecule has 0 bridgehead atoms. The molecule has 1 saturated heterocycles. The zero-order chi connectivity index (χ0) is 16.7. The number of nitrogens with zero attached hydrogens (tertiary/aromatic N) is 3. The second-order valence-electron chi connectivity index (χ2n) is 6.12. The van der Waals surface area contributed by atoms with Crippen LogP contribution in [0.25, 0.3) is 4.96 Å². The van der Waals surface area contributed by atoms with Crippen molar-refractivity contribution in [2.45, 2.75) is 26.3 Å². The van der Waals surface area contributed by atoms with E-state index in [0.29, 0.717) is 25.3 Å². The molecular weight excluding hydrogens is 328 g/mol. The third-order valence-corrected chi connectivity index (χ3v) is 5.06. The minimum Gasteiger partial charge on any atom is -0.379 e. The van der Waals surface area contributed by atoms with E-state index in [-0.39, 0.29) is 17.9 Å². The summed E-state index contributed by atoms with van der Waals surface area (Å²) in [5, 5.41) is 8.93. The third kappa shape index (κ3) is 2.71. The van der Waals surface area contributed by atoms with Crippen LogP contribution >= 0.6 is 11.3 Å². The fourth-order valence-electron chi connectivity index (χ4n) is 3.13. The Kier molecular flexibility index (Phi) is 3.85. The van der Waals surface area contributed by atoms with E-state index in [1.165, 1.54) is 11.3 Å². The van der Waals surface area contributed by atoms with Gasteiger partial charge in [-0.05, 0) is 13.8 Å². The summed E-state index contributed by atoms with van der Waals surface area (Å²) in [7, 11) is 0. The summed E-state index contributed by atoms with van der Waals surface area (Å²) in [6.45, 7) is 4.86. The molecule has 0 aromatic carbocycles. The molecule has 2 atom stereocenters. The van der Waals surface area contributed by atoms with Gasteiger partial charge >= 0.3 is 0 Å². The summed E-state index contributed by atoms with van der Waals surface area (Å²) in [4.78, 5) is 18.0. The number of ether oxygens (including phenoxy) is 1. The number of hydrogen-bond acceptors (Lipinski definition) is 6. The Balaban J connectivity index is 1.50. The van der Waals surface area contributed by atoms with Crippen LogP contribution in [0.1, 0.15) is 27.6 Å². The van der Waals surface area contributed by atoms with Crippen LogP contribution in [0, 0.1) is 19.8 Å². The second kappa shape index (κ2) is 6.03. The van der Waals surface area contributed by atoms with Gasteiger partial charge in [0.2, 0.25) is 0 Å². The van der Waals surface area contributed by atoms with Crippen molar-refractivity contribution in [1.29, 1.82) is 0 Å². The van der Waals surface area contributed by atoms with E-state index in [1.54, 1.807) is 0 Å². The Morgan fingerprint density at radius 3 is 3.12 bits per heavy atom. The first-order valence-electron chi connectivity index (χ1n) is 7.85. The minimum absolute atomic E-state index is 0.0495. The Morgan fingerprint density at radius 1 is 1.46 bits per heavy atom. The molecule has 8 heteroatoms. The average molecular weight is 346 g/mol. The van der Waals surface area contributed by atoms with Crippen molar-refractivity contribution in [2.75, 3.05) is 13.2 Å². The molecule has 3 aromatic heterocycles. The minimum atomic E-state index is -0.118. The smallest absolute Gasteiger partial charge is 0.270 e. The lowest BCUT2D eigenvalue weighted by Crippen LogP contribution is -2.41. The number of aromatic nitrogens is 3. The van der Waals surface area contributed by atoms with E-state index in [1.807, 2.05) is 35.9 Å². The monoisotopic (exact) mass is 346 g/mol. The molecule has 0 radical (unpaired) electrons. The predicted molar refractivity (Wildman–Crippen MR) is 88.3 cm³/mol. The van der Waals surface area contributed by atoms with Gasteiger partial charge in [0.1, 0.15) is 11.5 Å². The predicted octanol–water partition coefficient (Wildman–Crippen LogP) is 1.99. The average Bonchev–Trinajstić information content (AvgIpc) is 3.27. The van der Waals surface area contributed by atoms with E-state index >= 15 is 0 Å². The number of amides is 1. The molecule has 0 saturated carbocycles. The lowest BCUT2D eigenvalue weighted by atomic mass is 9.98. The number of carbonyl (C=O) groups excluding carboxylic acids is 1. The van der Waals surface area contributed by atoms with Crippen LogP contribution in [0.3, 0.4) is 0 Å². The highest BCUT2D eigenvalue weighted by molar-refractivity contribution is 7.15. The van der Waals surface area contributed by atoms with Gasteiger partial charge in [0.05, 0.1) is 30.6 Å². The van der Waals surface area contributed by atoms with Crippen molar-refractivity contribution in [3.63, 3.8) is 0 Å². The first-order chi connectivity index (χ1) is 11.6. The van der Waals surface area contributed by atoms with Crippen LogP contribution in [0.15, 0.2) is 22.2 Å². The number of nitrogens with one attached hydrogen (secondary N) is 1. The molecule has 1 N–H and O–H groups in total. The number of imidazole rings is 1. The molecule has 1 amide bonds. The number of carbonyl (C=O) groups is 1. The number of thiazole rings is 1. The second-order valence-corrected chi connectivity index (χ2v) is 6.99. The maximum Gasteiger partial charge on any atom is 0.270 e. The number of fused-ring (bicyclic) bond motifs is 1. The van der Waals surface area contributed by atoms with Crippen molar-refractivity contribution in [3.05, 3.63) is 40.5 Å². The fourth-order valence-corrected chi connectivity index (χ4v) is 3.89. The van der Waals surface area contributed by atoms with Gasteiger partial charge in [-0.15, -0.1) is 11.3 Å². The lowest BCUT2D eigenvalue weighted by molar-refractivity contribution is 0.0918. The molecule has 1 aliphatic rings. The Labute approximate surface area is 142 Å². The van der Waals surface area contributed by atoms with Gasteiger partial charge in [-0.25, -0.2) is 4.98 Å². The highest BCUT2D eigenvalue weighted by Gasteiger charge is 2.32. The van der Waals surface area contributed by atoms with E-state index < -0.39 is 0 Å². The molecule has 7 nitrogen and oxygen atoms in total. The highest BCUT2D eigenvalue weighted by atomic mass is 32.1. The van der Waals surface area contributed by atoms with Crippen molar-refractivity contribution >= 4 is 22.2 Å². The highest BCUT2D eigenvalue weighted by Crippen LogP contribution is 2.21.